The Balaban J connectivity index is 1.41. The van der Waals surface area contributed by atoms with Crippen molar-refractivity contribution in [3.8, 4) is 5.75 Å². The number of fused-ring (bicyclic) bond motifs is 1. The van der Waals surface area contributed by atoms with Crippen molar-refractivity contribution in [3.63, 3.8) is 0 Å². The first-order chi connectivity index (χ1) is 13.2. The lowest BCUT2D eigenvalue weighted by molar-refractivity contribution is 0.414. The number of hydrogen-bond acceptors (Lipinski definition) is 5. The summed E-state index contributed by atoms with van der Waals surface area (Å²) in [7, 11) is 1.66. The summed E-state index contributed by atoms with van der Waals surface area (Å²) in [6, 6.07) is 9.81. The highest BCUT2D eigenvalue weighted by Gasteiger charge is 2.07. The lowest BCUT2D eigenvalue weighted by atomic mass is 10.1. The van der Waals surface area contributed by atoms with Crippen molar-refractivity contribution in [2.24, 2.45) is 0 Å². The van der Waals surface area contributed by atoms with Crippen LogP contribution in [0.5, 0.6) is 5.75 Å². The number of rotatable bonds is 6. The third-order valence-electron chi connectivity index (χ3n) is 4.29. The van der Waals surface area contributed by atoms with E-state index in [4.69, 9.17) is 16.3 Å². The Hall–Kier alpha value is -3.12. The van der Waals surface area contributed by atoms with E-state index in [2.05, 4.69) is 25.3 Å². The second kappa shape index (κ2) is 7.63. The van der Waals surface area contributed by atoms with Gasteiger partial charge >= 0.3 is 0 Å². The lowest BCUT2D eigenvalue weighted by Gasteiger charge is -2.07. The van der Waals surface area contributed by atoms with Gasteiger partial charge in [0.15, 0.2) is 0 Å². The summed E-state index contributed by atoms with van der Waals surface area (Å²) >= 11 is 6.06. The number of benzene rings is 1. The minimum atomic E-state index is 0.596. The normalized spacial score (nSPS) is 10.9. The summed E-state index contributed by atoms with van der Waals surface area (Å²) in [5.74, 6) is 1.44. The molecular weight excluding hydrogens is 362 g/mol. The predicted molar refractivity (Wildman–Crippen MR) is 106 cm³/mol. The van der Waals surface area contributed by atoms with Gasteiger partial charge in [-0.2, -0.15) is 0 Å². The second-order valence-electron chi connectivity index (χ2n) is 6.16. The maximum Gasteiger partial charge on any atom is 0.222 e. The Bertz CT molecular complexity index is 1040. The van der Waals surface area contributed by atoms with Crippen LogP contribution < -0.4 is 10.1 Å². The number of anilines is 1. The van der Waals surface area contributed by atoms with E-state index in [0.717, 1.165) is 33.5 Å². The third-order valence-corrected chi connectivity index (χ3v) is 4.50. The number of methoxy groups -OCH3 is 1. The molecule has 6 nitrogen and oxygen atoms in total. The molecule has 136 valence electrons. The molecule has 0 bridgehead atoms. The first kappa shape index (κ1) is 17.3. The molecule has 4 aromatic rings. The van der Waals surface area contributed by atoms with Gasteiger partial charge in [-0.25, -0.2) is 15.0 Å². The van der Waals surface area contributed by atoms with Crippen LogP contribution in [0.1, 0.15) is 16.7 Å². The number of ether oxygens (including phenoxy) is 1. The topological polar surface area (TPSA) is 75.7 Å². The molecule has 0 atom stereocenters. The van der Waals surface area contributed by atoms with E-state index in [-0.39, 0.29) is 0 Å². The average molecular weight is 380 g/mol. The molecule has 0 aliphatic carbocycles. The van der Waals surface area contributed by atoms with Crippen LogP contribution in [-0.4, -0.2) is 27.0 Å². The smallest absolute Gasteiger partial charge is 0.222 e. The van der Waals surface area contributed by atoms with E-state index in [0.29, 0.717) is 23.9 Å². The van der Waals surface area contributed by atoms with Crippen LogP contribution in [0.25, 0.3) is 11.0 Å². The van der Waals surface area contributed by atoms with Crippen LogP contribution in [0.4, 0.5) is 5.95 Å². The fourth-order valence-corrected chi connectivity index (χ4v) is 3.02. The van der Waals surface area contributed by atoms with Crippen molar-refractivity contribution < 1.29 is 4.74 Å². The Kier molecular flexibility index (Phi) is 4.89. The van der Waals surface area contributed by atoms with E-state index < -0.39 is 0 Å². The molecular formula is C20H18ClN5O. The van der Waals surface area contributed by atoms with Gasteiger partial charge in [0.2, 0.25) is 5.95 Å². The number of hydrogen-bond donors (Lipinski definition) is 2. The zero-order chi connectivity index (χ0) is 18.6. The third kappa shape index (κ3) is 4.01. The standard InChI is InChI=1S/C20H18ClN5O/c1-27-17-4-2-13(3-5-17)8-24-20-25-9-14(10-26-20)6-15-11-22-19-18(15)7-16(21)12-23-19/h2-5,7,9-12H,6,8H2,1H3,(H,22,23)(H,24,25,26). The first-order valence-electron chi connectivity index (χ1n) is 8.50. The van der Waals surface area contributed by atoms with Gasteiger partial charge in [-0.3, -0.25) is 0 Å². The number of nitrogens with one attached hydrogen (secondary N) is 2. The van der Waals surface area contributed by atoms with Gasteiger partial charge in [-0.15, -0.1) is 0 Å². The van der Waals surface area contributed by atoms with Gasteiger partial charge in [0.25, 0.3) is 0 Å². The SMILES string of the molecule is COc1ccc(CNc2ncc(Cc3c[nH]c4ncc(Cl)cc34)cn2)cc1. The van der Waals surface area contributed by atoms with E-state index in [1.807, 2.05) is 48.9 Å². The molecule has 0 fully saturated rings. The monoisotopic (exact) mass is 379 g/mol. The highest BCUT2D eigenvalue weighted by molar-refractivity contribution is 6.31. The first-order valence-corrected chi connectivity index (χ1v) is 8.88. The number of pyridine rings is 1. The predicted octanol–water partition coefficient (Wildman–Crippen LogP) is 4.22. The molecule has 0 saturated heterocycles. The van der Waals surface area contributed by atoms with Crippen LogP contribution in [0.15, 0.2) is 55.1 Å². The summed E-state index contributed by atoms with van der Waals surface area (Å²) in [6.07, 6.45) is 7.96. The van der Waals surface area contributed by atoms with E-state index >= 15 is 0 Å². The zero-order valence-corrected chi connectivity index (χ0v) is 15.5. The van der Waals surface area contributed by atoms with Crippen LogP contribution in [0.3, 0.4) is 0 Å². The van der Waals surface area contributed by atoms with Crippen LogP contribution in [0.2, 0.25) is 5.02 Å². The highest BCUT2D eigenvalue weighted by Crippen LogP contribution is 2.22. The van der Waals surface area contributed by atoms with Gasteiger partial charge in [-0.1, -0.05) is 23.7 Å². The molecule has 2 N–H and O–H groups in total. The van der Waals surface area contributed by atoms with Gasteiger partial charge < -0.3 is 15.0 Å². The Morgan fingerprint density at radius 1 is 1.04 bits per heavy atom. The number of aromatic nitrogens is 4. The number of nitrogens with zero attached hydrogens (tertiary/aromatic N) is 3. The summed E-state index contributed by atoms with van der Waals surface area (Å²) in [4.78, 5) is 16.3. The fourth-order valence-electron chi connectivity index (χ4n) is 2.86. The molecule has 1 aromatic carbocycles. The van der Waals surface area contributed by atoms with Crippen molar-refractivity contribution in [2.45, 2.75) is 13.0 Å². The van der Waals surface area contributed by atoms with Gasteiger partial charge in [0.1, 0.15) is 11.4 Å². The Morgan fingerprint density at radius 3 is 2.56 bits per heavy atom. The Labute approximate surface area is 161 Å². The molecule has 0 spiro atoms. The molecule has 0 amide bonds. The van der Waals surface area contributed by atoms with E-state index in [1.54, 1.807) is 13.3 Å². The lowest BCUT2D eigenvalue weighted by Crippen LogP contribution is -2.04. The number of aromatic amines is 1. The van der Waals surface area contributed by atoms with Gasteiger partial charge in [-0.05, 0) is 34.9 Å². The molecule has 3 heterocycles. The van der Waals surface area contributed by atoms with Crippen molar-refractivity contribution in [3.05, 3.63) is 76.8 Å². The van der Waals surface area contributed by atoms with E-state index in [1.165, 1.54) is 0 Å². The molecule has 0 aliphatic heterocycles. The summed E-state index contributed by atoms with van der Waals surface area (Å²) in [5.41, 5.74) is 4.09. The second-order valence-corrected chi connectivity index (χ2v) is 6.59. The summed E-state index contributed by atoms with van der Waals surface area (Å²) < 4.78 is 5.16. The summed E-state index contributed by atoms with van der Waals surface area (Å²) in [6.45, 7) is 0.649. The highest BCUT2D eigenvalue weighted by atomic mass is 35.5. The maximum atomic E-state index is 6.06. The molecule has 7 heteroatoms. The van der Waals surface area contributed by atoms with Crippen molar-refractivity contribution >= 4 is 28.6 Å². The molecule has 0 radical (unpaired) electrons. The molecule has 0 saturated carbocycles. The van der Waals surface area contributed by atoms with Gasteiger partial charge in [0, 0.05) is 43.1 Å². The molecule has 0 unspecified atom stereocenters. The quantitative estimate of drug-likeness (QED) is 0.524. The molecule has 4 rings (SSSR count). The van der Waals surface area contributed by atoms with Crippen molar-refractivity contribution in [1.29, 1.82) is 0 Å². The maximum absolute atomic E-state index is 6.06. The molecule has 3 aromatic heterocycles. The largest absolute Gasteiger partial charge is 0.497 e. The van der Waals surface area contributed by atoms with Crippen LogP contribution >= 0.6 is 11.6 Å². The zero-order valence-electron chi connectivity index (χ0n) is 14.7. The number of H-pyrrole nitrogens is 1. The number of halogens is 1. The van der Waals surface area contributed by atoms with Crippen molar-refractivity contribution in [2.75, 3.05) is 12.4 Å². The fraction of sp³-hybridized carbons (Fsp3) is 0.150. The van der Waals surface area contributed by atoms with E-state index in [9.17, 15) is 0 Å². The van der Waals surface area contributed by atoms with Gasteiger partial charge in [0.05, 0.1) is 12.1 Å². The molecule has 0 aliphatic rings. The minimum absolute atomic E-state index is 0.596. The molecule has 27 heavy (non-hydrogen) atoms. The van der Waals surface area contributed by atoms with Crippen molar-refractivity contribution in [1.82, 2.24) is 19.9 Å². The summed E-state index contributed by atoms with van der Waals surface area (Å²) in [5, 5.41) is 4.87. The minimum Gasteiger partial charge on any atom is -0.497 e. The average Bonchev–Trinajstić information content (AvgIpc) is 3.10. The van der Waals surface area contributed by atoms with Crippen LogP contribution in [0, 0.1) is 0 Å². The Morgan fingerprint density at radius 2 is 1.81 bits per heavy atom. The van der Waals surface area contributed by atoms with Crippen LogP contribution in [-0.2, 0) is 13.0 Å².